The van der Waals surface area contributed by atoms with E-state index in [1.165, 1.54) is 10.7 Å². The maximum Gasteiger partial charge on any atom is 0.267 e. The van der Waals surface area contributed by atoms with Gasteiger partial charge < -0.3 is 0 Å². The van der Waals surface area contributed by atoms with Crippen LogP contribution >= 0.6 is 11.6 Å². The van der Waals surface area contributed by atoms with Crippen molar-refractivity contribution in [1.29, 1.82) is 0 Å². The molecule has 3 aromatic heterocycles. The molecule has 1 aromatic carbocycles. The highest BCUT2D eigenvalue weighted by Gasteiger charge is 2.19. The van der Waals surface area contributed by atoms with Crippen molar-refractivity contribution in [1.82, 2.24) is 24.4 Å². The molecule has 26 heavy (non-hydrogen) atoms. The van der Waals surface area contributed by atoms with Crippen LogP contribution in [0.3, 0.4) is 0 Å². The summed E-state index contributed by atoms with van der Waals surface area (Å²) in [5, 5.41) is 9.88. The third-order valence-electron chi connectivity index (χ3n) is 4.11. The van der Waals surface area contributed by atoms with Crippen LogP contribution in [0.25, 0.3) is 28.0 Å². The van der Waals surface area contributed by atoms with Crippen LogP contribution in [-0.4, -0.2) is 24.4 Å². The second-order valence-corrected chi connectivity index (χ2v) is 6.67. The molecule has 3 heterocycles. The predicted molar refractivity (Wildman–Crippen MR) is 101 cm³/mol. The summed E-state index contributed by atoms with van der Waals surface area (Å²) in [5.41, 5.74) is 3.76. The molecule has 0 aliphatic heterocycles. The van der Waals surface area contributed by atoms with Crippen LogP contribution in [0.2, 0.25) is 5.02 Å². The number of benzene rings is 1. The van der Waals surface area contributed by atoms with E-state index in [-0.39, 0.29) is 11.6 Å². The molecule has 7 heteroatoms. The van der Waals surface area contributed by atoms with Gasteiger partial charge in [0.05, 0.1) is 29.0 Å². The van der Waals surface area contributed by atoms with Gasteiger partial charge in [0.2, 0.25) is 0 Å². The summed E-state index contributed by atoms with van der Waals surface area (Å²) >= 11 is 6.17. The lowest BCUT2D eigenvalue weighted by Crippen LogP contribution is -2.23. The lowest BCUT2D eigenvalue weighted by molar-refractivity contribution is 0.505. The van der Waals surface area contributed by atoms with E-state index in [4.69, 9.17) is 11.6 Å². The molecule has 0 N–H and O–H groups in total. The second-order valence-electron chi connectivity index (χ2n) is 6.24. The molecule has 0 radical (unpaired) electrons. The van der Waals surface area contributed by atoms with Crippen LogP contribution in [0.4, 0.5) is 0 Å². The summed E-state index contributed by atoms with van der Waals surface area (Å²) in [4.78, 5) is 16.3. The Hall–Kier alpha value is -2.99. The van der Waals surface area contributed by atoms with E-state index in [0.717, 1.165) is 22.3 Å². The van der Waals surface area contributed by atoms with Gasteiger partial charge in [0, 0.05) is 29.0 Å². The van der Waals surface area contributed by atoms with Crippen LogP contribution in [0.15, 0.2) is 59.8 Å². The molecule has 0 saturated heterocycles. The third-order valence-corrected chi connectivity index (χ3v) is 4.34. The highest BCUT2D eigenvalue weighted by Crippen LogP contribution is 2.34. The molecule has 0 aliphatic carbocycles. The number of rotatable bonds is 3. The van der Waals surface area contributed by atoms with E-state index in [2.05, 4.69) is 15.2 Å². The Labute approximate surface area is 154 Å². The molecule has 0 atom stereocenters. The predicted octanol–water partition coefficient (Wildman–Crippen LogP) is 3.85. The van der Waals surface area contributed by atoms with Gasteiger partial charge in [0.15, 0.2) is 0 Å². The Morgan fingerprint density at radius 1 is 1.12 bits per heavy atom. The number of fused-ring (bicyclic) bond motifs is 1. The largest absolute Gasteiger partial charge is 0.268 e. The van der Waals surface area contributed by atoms with Crippen LogP contribution in [0.1, 0.15) is 19.9 Å². The van der Waals surface area contributed by atoms with Gasteiger partial charge in [-0.15, -0.1) is 0 Å². The van der Waals surface area contributed by atoms with Crippen molar-refractivity contribution in [2.45, 2.75) is 19.9 Å². The lowest BCUT2D eigenvalue weighted by atomic mass is 10.0. The number of aromatic nitrogens is 5. The summed E-state index contributed by atoms with van der Waals surface area (Å²) < 4.78 is 3.22. The standard InChI is InChI=1S/C19H16ClN5O/c1-12(2)25-17(26)7-6-15(22-25)18-16-11-21-8-9-24(16)23-19(18)13-4-3-5-14(20)10-13/h3-12H,1-2H3. The van der Waals surface area contributed by atoms with Gasteiger partial charge in [0.1, 0.15) is 5.69 Å². The second kappa shape index (κ2) is 6.38. The fourth-order valence-electron chi connectivity index (χ4n) is 2.92. The van der Waals surface area contributed by atoms with Crippen LogP contribution in [0.5, 0.6) is 0 Å². The Balaban J connectivity index is 2.04. The zero-order chi connectivity index (χ0) is 18.3. The fourth-order valence-corrected chi connectivity index (χ4v) is 3.11. The summed E-state index contributed by atoms with van der Waals surface area (Å²) in [6.45, 7) is 3.85. The van der Waals surface area contributed by atoms with Crippen LogP contribution in [0, 0.1) is 0 Å². The average molecular weight is 366 g/mol. The number of halogens is 1. The van der Waals surface area contributed by atoms with Crippen LogP contribution < -0.4 is 5.56 Å². The van der Waals surface area contributed by atoms with Gasteiger partial charge in [-0.1, -0.05) is 23.7 Å². The number of hydrogen-bond donors (Lipinski definition) is 0. The van der Waals surface area contributed by atoms with Crippen molar-refractivity contribution in [3.05, 3.63) is 70.4 Å². The monoisotopic (exact) mass is 365 g/mol. The van der Waals surface area contributed by atoms with Crippen molar-refractivity contribution in [2.24, 2.45) is 0 Å². The summed E-state index contributed by atoms with van der Waals surface area (Å²) in [6.07, 6.45) is 5.20. The zero-order valence-electron chi connectivity index (χ0n) is 14.3. The minimum atomic E-state index is -0.136. The lowest BCUT2D eigenvalue weighted by Gasteiger charge is -2.10. The van der Waals surface area contributed by atoms with Crippen molar-refractivity contribution in [3.8, 4) is 22.5 Å². The molecular weight excluding hydrogens is 350 g/mol. The normalized spacial score (nSPS) is 11.4. The van der Waals surface area contributed by atoms with E-state index < -0.39 is 0 Å². The van der Waals surface area contributed by atoms with E-state index in [1.807, 2.05) is 38.1 Å². The summed E-state index contributed by atoms with van der Waals surface area (Å²) in [5.74, 6) is 0. The Bertz CT molecular complexity index is 1160. The van der Waals surface area contributed by atoms with E-state index >= 15 is 0 Å². The minimum Gasteiger partial charge on any atom is -0.268 e. The smallest absolute Gasteiger partial charge is 0.267 e. The fraction of sp³-hybridized carbons (Fsp3) is 0.158. The topological polar surface area (TPSA) is 65.1 Å². The first-order chi connectivity index (χ1) is 12.5. The minimum absolute atomic E-state index is 0.0444. The van der Waals surface area contributed by atoms with Gasteiger partial charge in [0.25, 0.3) is 5.56 Å². The first-order valence-electron chi connectivity index (χ1n) is 8.23. The maximum atomic E-state index is 12.1. The van der Waals surface area contributed by atoms with Gasteiger partial charge in [-0.05, 0) is 32.0 Å². The molecule has 0 amide bonds. The molecule has 4 aromatic rings. The molecule has 0 fully saturated rings. The highest BCUT2D eigenvalue weighted by atomic mass is 35.5. The first-order valence-corrected chi connectivity index (χ1v) is 8.61. The molecule has 0 bridgehead atoms. The summed E-state index contributed by atoms with van der Waals surface area (Å²) in [7, 11) is 0. The molecule has 0 unspecified atom stereocenters. The Morgan fingerprint density at radius 3 is 2.73 bits per heavy atom. The molecule has 4 rings (SSSR count). The van der Waals surface area contributed by atoms with Gasteiger partial charge in [-0.25, -0.2) is 9.20 Å². The van der Waals surface area contributed by atoms with Gasteiger partial charge in [-0.3, -0.25) is 9.78 Å². The van der Waals surface area contributed by atoms with Crippen molar-refractivity contribution in [2.75, 3.05) is 0 Å². The molecule has 0 aliphatic rings. The van der Waals surface area contributed by atoms with Gasteiger partial charge in [-0.2, -0.15) is 10.2 Å². The Morgan fingerprint density at radius 2 is 1.96 bits per heavy atom. The van der Waals surface area contributed by atoms with Crippen LogP contribution in [-0.2, 0) is 0 Å². The maximum absolute atomic E-state index is 12.1. The summed E-state index contributed by atoms with van der Waals surface area (Å²) in [6, 6.07) is 10.7. The molecular formula is C19H16ClN5O. The molecule has 130 valence electrons. The van der Waals surface area contributed by atoms with Gasteiger partial charge >= 0.3 is 0 Å². The number of hydrogen-bond acceptors (Lipinski definition) is 4. The van der Waals surface area contributed by atoms with Crippen molar-refractivity contribution < 1.29 is 0 Å². The highest BCUT2D eigenvalue weighted by molar-refractivity contribution is 6.30. The zero-order valence-corrected chi connectivity index (χ0v) is 15.1. The van der Waals surface area contributed by atoms with Crippen molar-refractivity contribution >= 4 is 17.1 Å². The molecule has 0 saturated carbocycles. The Kier molecular flexibility index (Phi) is 4.05. The molecule has 0 spiro atoms. The molecule has 6 nitrogen and oxygen atoms in total. The SMILES string of the molecule is CC(C)n1nc(-c2c(-c3cccc(Cl)c3)nn3ccncc23)ccc1=O. The first kappa shape index (κ1) is 16.5. The van der Waals surface area contributed by atoms with E-state index in [0.29, 0.717) is 10.7 Å². The van der Waals surface area contributed by atoms with Crippen molar-refractivity contribution in [3.63, 3.8) is 0 Å². The average Bonchev–Trinajstić information content (AvgIpc) is 3.01. The third kappa shape index (κ3) is 2.78. The van der Waals surface area contributed by atoms with E-state index in [9.17, 15) is 4.79 Å². The van der Waals surface area contributed by atoms with E-state index in [1.54, 1.807) is 29.2 Å². The quantitative estimate of drug-likeness (QED) is 0.553. The number of nitrogens with zero attached hydrogens (tertiary/aromatic N) is 5.